The topological polar surface area (TPSA) is 72.5 Å². The zero-order valence-corrected chi connectivity index (χ0v) is 10.2. The van der Waals surface area contributed by atoms with Gasteiger partial charge in [0.15, 0.2) is 0 Å². The van der Waals surface area contributed by atoms with Crippen LogP contribution in [0.5, 0.6) is 0 Å². The summed E-state index contributed by atoms with van der Waals surface area (Å²) in [6, 6.07) is 5.89. The first kappa shape index (κ1) is 13.2. The molecular weight excluding hydrogens is 242 g/mol. The van der Waals surface area contributed by atoms with Crippen LogP contribution in [-0.4, -0.2) is 21.4 Å². The zero-order valence-electron chi connectivity index (χ0n) is 9.34. The van der Waals surface area contributed by atoms with Gasteiger partial charge in [0.2, 0.25) is 6.41 Å². The molecule has 0 aromatic heterocycles. The predicted molar refractivity (Wildman–Crippen MR) is 63.5 cm³/mol. The summed E-state index contributed by atoms with van der Waals surface area (Å²) in [6.07, 6.45) is 0.127. The normalized spacial score (nSPS) is 10.6. The van der Waals surface area contributed by atoms with Crippen LogP contribution in [0.15, 0.2) is 35.7 Å². The van der Waals surface area contributed by atoms with E-state index in [0.29, 0.717) is 17.9 Å². The summed E-state index contributed by atoms with van der Waals surface area (Å²) in [5.74, 6) is 0.472. The lowest BCUT2D eigenvalue weighted by Crippen LogP contribution is -2.21. The van der Waals surface area contributed by atoms with E-state index in [0.717, 1.165) is 0 Å². The minimum atomic E-state index is -3.75. The smallest absolute Gasteiger partial charge is 0.263 e. The molecule has 0 saturated carbocycles. The van der Waals surface area contributed by atoms with Crippen LogP contribution in [0.4, 0.5) is 0 Å². The molecule has 0 bridgehead atoms. The van der Waals surface area contributed by atoms with Crippen LogP contribution in [0.1, 0.15) is 12.5 Å². The summed E-state index contributed by atoms with van der Waals surface area (Å²) in [4.78, 5) is 10.1. The molecule has 0 fully saturated rings. The van der Waals surface area contributed by atoms with E-state index in [1.165, 1.54) is 12.1 Å². The highest BCUT2D eigenvalue weighted by Gasteiger charge is 2.12. The van der Waals surface area contributed by atoms with Crippen molar-refractivity contribution in [3.8, 4) is 0 Å². The number of hydrogen-bond donors (Lipinski definition) is 1. The minimum absolute atomic E-state index is 0.0117. The number of nitrogens with one attached hydrogen (secondary N) is 1. The molecule has 0 aliphatic heterocycles. The van der Waals surface area contributed by atoms with Crippen LogP contribution in [0, 0.1) is 0 Å². The largest absolute Gasteiger partial charge is 0.494 e. The van der Waals surface area contributed by atoms with Crippen molar-refractivity contribution in [2.24, 2.45) is 0 Å². The van der Waals surface area contributed by atoms with Crippen molar-refractivity contribution in [1.29, 1.82) is 0 Å². The van der Waals surface area contributed by atoms with Gasteiger partial charge < -0.3 is 4.74 Å². The van der Waals surface area contributed by atoms with Crippen molar-refractivity contribution in [2.45, 2.75) is 11.8 Å². The standard InChI is InChI=1S/C11H13NO4S/c1-3-16-9(2)10-4-6-11(7-5-10)17(14,15)12-8-13/h4-8H,2-3H2,1H3,(H,12,13). The lowest BCUT2D eigenvalue weighted by molar-refractivity contribution is -0.108. The van der Waals surface area contributed by atoms with Gasteiger partial charge in [-0.05, 0) is 31.2 Å². The molecule has 0 radical (unpaired) electrons. The Labute approximate surface area is 100 Å². The Hall–Kier alpha value is -1.82. The predicted octanol–water partition coefficient (Wildman–Crippen LogP) is 1.13. The van der Waals surface area contributed by atoms with E-state index in [1.54, 1.807) is 16.9 Å². The van der Waals surface area contributed by atoms with E-state index in [-0.39, 0.29) is 11.3 Å². The fraction of sp³-hybridized carbons (Fsp3) is 0.182. The fourth-order valence-electron chi connectivity index (χ4n) is 1.21. The van der Waals surface area contributed by atoms with E-state index in [4.69, 9.17) is 4.74 Å². The van der Waals surface area contributed by atoms with Crippen LogP contribution in [-0.2, 0) is 19.6 Å². The van der Waals surface area contributed by atoms with E-state index in [9.17, 15) is 13.2 Å². The van der Waals surface area contributed by atoms with E-state index in [2.05, 4.69) is 6.58 Å². The van der Waals surface area contributed by atoms with Gasteiger partial charge in [-0.3, -0.25) is 9.52 Å². The molecule has 92 valence electrons. The maximum absolute atomic E-state index is 11.4. The number of ether oxygens (including phenoxy) is 1. The second-order valence-corrected chi connectivity index (χ2v) is 4.83. The van der Waals surface area contributed by atoms with Crippen LogP contribution in [0.3, 0.4) is 0 Å². The van der Waals surface area contributed by atoms with E-state index < -0.39 is 10.0 Å². The SMILES string of the molecule is C=C(OCC)c1ccc(S(=O)(=O)NC=O)cc1. The van der Waals surface area contributed by atoms with E-state index in [1.807, 2.05) is 6.92 Å². The summed E-state index contributed by atoms with van der Waals surface area (Å²) < 4.78 is 29.8. The number of benzene rings is 1. The Morgan fingerprint density at radius 2 is 2.00 bits per heavy atom. The van der Waals surface area contributed by atoms with Gasteiger partial charge in [0.25, 0.3) is 10.0 Å². The van der Waals surface area contributed by atoms with Crippen molar-refractivity contribution >= 4 is 22.2 Å². The highest BCUT2D eigenvalue weighted by molar-refractivity contribution is 7.90. The number of hydrogen-bond acceptors (Lipinski definition) is 4. The first-order valence-electron chi connectivity index (χ1n) is 4.89. The molecule has 6 heteroatoms. The van der Waals surface area contributed by atoms with Crippen LogP contribution in [0.25, 0.3) is 5.76 Å². The fourth-order valence-corrected chi connectivity index (χ4v) is 1.97. The second kappa shape index (κ2) is 5.49. The molecule has 1 N–H and O–H groups in total. The van der Waals surface area contributed by atoms with Crippen molar-refractivity contribution in [3.63, 3.8) is 0 Å². The highest BCUT2D eigenvalue weighted by atomic mass is 32.2. The quantitative estimate of drug-likeness (QED) is 0.611. The molecule has 0 saturated heterocycles. The third-order valence-electron chi connectivity index (χ3n) is 2.01. The highest BCUT2D eigenvalue weighted by Crippen LogP contribution is 2.16. The van der Waals surface area contributed by atoms with Gasteiger partial charge in [0, 0.05) is 5.56 Å². The number of rotatable bonds is 6. The Bertz CT molecular complexity index is 505. The van der Waals surface area contributed by atoms with Gasteiger partial charge in [-0.25, -0.2) is 8.42 Å². The molecule has 1 amide bonds. The summed E-state index contributed by atoms with van der Waals surface area (Å²) in [5.41, 5.74) is 0.692. The monoisotopic (exact) mass is 255 g/mol. The van der Waals surface area contributed by atoms with Gasteiger partial charge in [-0.2, -0.15) is 0 Å². The third kappa shape index (κ3) is 3.32. The van der Waals surface area contributed by atoms with Crippen LogP contribution in [0.2, 0.25) is 0 Å². The minimum Gasteiger partial charge on any atom is -0.494 e. The molecule has 0 heterocycles. The average molecular weight is 255 g/mol. The first-order valence-corrected chi connectivity index (χ1v) is 6.37. The van der Waals surface area contributed by atoms with Gasteiger partial charge in [-0.15, -0.1) is 0 Å². The number of amides is 1. The van der Waals surface area contributed by atoms with Crippen LogP contribution >= 0.6 is 0 Å². The van der Waals surface area contributed by atoms with Crippen molar-refractivity contribution in [2.75, 3.05) is 6.61 Å². The van der Waals surface area contributed by atoms with Gasteiger partial charge in [0.05, 0.1) is 11.5 Å². The molecule has 0 aliphatic carbocycles. The summed E-state index contributed by atoms with van der Waals surface area (Å²) in [5, 5.41) is 0. The third-order valence-corrected chi connectivity index (χ3v) is 3.31. The molecule has 1 aromatic carbocycles. The molecule has 0 aliphatic rings. The number of sulfonamides is 1. The average Bonchev–Trinajstić information content (AvgIpc) is 2.29. The number of carbonyl (C=O) groups is 1. The molecular formula is C11H13NO4S. The maximum Gasteiger partial charge on any atom is 0.263 e. The van der Waals surface area contributed by atoms with Crippen LogP contribution < -0.4 is 4.72 Å². The molecule has 0 spiro atoms. The zero-order chi connectivity index (χ0) is 12.9. The Balaban J connectivity index is 2.96. The molecule has 17 heavy (non-hydrogen) atoms. The lowest BCUT2D eigenvalue weighted by atomic mass is 10.2. The van der Waals surface area contributed by atoms with Crippen molar-refractivity contribution in [3.05, 3.63) is 36.4 Å². The van der Waals surface area contributed by atoms with Gasteiger partial charge >= 0.3 is 0 Å². The Morgan fingerprint density at radius 3 is 2.47 bits per heavy atom. The Kier molecular flexibility index (Phi) is 4.28. The molecule has 1 rings (SSSR count). The Morgan fingerprint density at radius 1 is 1.41 bits per heavy atom. The molecule has 1 aromatic rings. The lowest BCUT2D eigenvalue weighted by Gasteiger charge is -2.07. The molecule has 5 nitrogen and oxygen atoms in total. The van der Waals surface area contributed by atoms with Crippen molar-refractivity contribution in [1.82, 2.24) is 4.72 Å². The number of carbonyl (C=O) groups excluding carboxylic acids is 1. The van der Waals surface area contributed by atoms with Gasteiger partial charge in [0.1, 0.15) is 5.76 Å². The van der Waals surface area contributed by atoms with Crippen molar-refractivity contribution < 1.29 is 17.9 Å². The van der Waals surface area contributed by atoms with Gasteiger partial charge in [-0.1, -0.05) is 6.58 Å². The molecule has 0 atom stereocenters. The summed E-state index contributed by atoms with van der Waals surface area (Å²) in [6.45, 7) is 6.02. The maximum atomic E-state index is 11.4. The summed E-state index contributed by atoms with van der Waals surface area (Å²) in [7, 11) is -3.75. The first-order chi connectivity index (χ1) is 8.01. The molecule has 0 unspecified atom stereocenters. The second-order valence-electron chi connectivity index (χ2n) is 3.12. The summed E-state index contributed by atoms with van der Waals surface area (Å²) >= 11 is 0. The van der Waals surface area contributed by atoms with E-state index >= 15 is 0 Å².